The van der Waals surface area contributed by atoms with E-state index < -0.39 is 0 Å². The molecule has 1 aromatic rings. The molecule has 1 aliphatic rings. The quantitative estimate of drug-likeness (QED) is 0.614. The molecule has 1 amide bonds. The average molecular weight is 187 g/mol. The van der Waals surface area contributed by atoms with Crippen LogP contribution in [0.25, 0.3) is 0 Å². The van der Waals surface area contributed by atoms with Crippen LogP contribution < -0.4 is 0 Å². The molecule has 1 heterocycles. The first-order valence-corrected chi connectivity index (χ1v) is 4.22. The summed E-state index contributed by atoms with van der Waals surface area (Å²) in [5, 5.41) is 9.47. The molecular formula is C11H9NO2. The second-order valence-corrected chi connectivity index (χ2v) is 3.30. The third-order valence-electron chi connectivity index (χ3n) is 2.38. The zero-order valence-corrected chi connectivity index (χ0v) is 7.74. The minimum Gasteiger partial charge on any atom is -0.507 e. The number of amides is 1. The van der Waals surface area contributed by atoms with E-state index in [4.69, 9.17) is 6.42 Å². The van der Waals surface area contributed by atoms with Crippen molar-refractivity contribution in [2.75, 3.05) is 7.05 Å². The van der Waals surface area contributed by atoms with Gasteiger partial charge in [0.1, 0.15) is 5.75 Å². The number of fused-ring (bicyclic) bond motifs is 1. The maximum Gasteiger partial charge on any atom is 0.255 e. The molecule has 1 aliphatic heterocycles. The molecule has 3 nitrogen and oxygen atoms in total. The van der Waals surface area contributed by atoms with E-state index in [0.29, 0.717) is 17.7 Å². The lowest BCUT2D eigenvalue weighted by atomic mass is 10.0. The number of phenols is 1. The molecule has 0 fully saturated rings. The summed E-state index contributed by atoms with van der Waals surface area (Å²) in [6, 6.07) is 3.26. The van der Waals surface area contributed by atoms with E-state index in [-0.39, 0.29) is 11.7 Å². The highest BCUT2D eigenvalue weighted by atomic mass is 16.3. The average Bonchev–Trinajstić information content (AvgIpc) is 2.45. The molecular weight excluding hydrogens is 178 g/mol. The van der Waals surface area contributed by atoms with Gasteiger partial charge in [-0.2, -0.15) is 0 Å². The molecule has 1 N–H and O–H groups in total. The first kappa shape index (κ1) is 8.64. The van der Waals surface area contributed by atoms with Crippen molar-refractivity contribution in [3.63, 3.8) is 0 Å². The van der Waals surface area contributed by atoms with Crippen LogP contribution in [0, 0.1) is 12.3 Å². The second kappa shape index (κ2) is 2.78. The van der Waals surface area contributed by atoms with E-state index >= 15 is 0 Å². The molecule has 0 atom stereocenters. The summed E-state index contributed by atoms with van der Waals surface area (Å²) in [6.07, 6.45) is 5.25. The first-order valence-electron chi connectivity index (χ1n) is 4.22. The highest BCUT2D eigenvalue weighted by molar-refractivity contribution is 6.01. The van der Waals surface area contributed by atoms with E-state index in [9.17, 15) is 9.90 Å². The van der Waals surface area contributed by atoms with Crippen LogP contribution in [0.3, 0.4) is 0 Å². The molecule has 0 radical (unpaired) electrons. The van der Waals surface area contributed by atoms with E-state index in [1.807, 2.05) is 0 Å². The van der Waals surface area contributed by atoms with Gasteiger partial charge in [0, 0.05) is 13.6 Å². The molecule has 1 aromatic carbocycles. The predicted octanol–water partition coefficient (Wildman–Crippen LogP) is 0.959. The number of terminal acetylenes is 1. The van der Waals surface area contributed by atoms with Gasteiger partial charge in [-0.05, 0) is 11.6 Å². The first-order chi connectivity index (χ1) is 6.65. The second-order valence-electron chi connectivity index (χ2n) is 3.30. The van der Waals surface area contributed by atoms with Crippen molar-refractivity contribution in [2.45, 2.75) is 6.54 Å². The van der Waals surface area contributed by atoms with Gasteiger partial charge in [-0.25, -0.2) is 0 Å². The van der Waals surface area contributed by atoms with Crippen LogP contribution in [0.1, 0.15) is 21.5 Å². The molecule has 2 rings (SSSR count). The van der Waals surface area contributed by atoms with Crippen LogP contribution in [0.4, 0.5) is 0 Å². The Hall–Kier alpha value is -1.95. The third-order valence-corrected chi connectivity index (χ3v) is 2.38. The largest absolute Gasteiger partial charge is 0.507 e. The lowest BCUT2D eigenvalue weighted by Gasteiger charge is -2.05. The van der Waals surface area contributed by atoms with Crippen LogP contribution in [0.2, 0.25) is 0 Å². The Labute approximate surface area is 82.0 Å². The molecule has 70 valence electrons. The lowest BCUT2D eigenvalue weighted by molar-refractivity contribution is 0.0816. The third kappa shape index (κ3) is 0.975. The van der Waals surface area contributed by atoms with Gasteiger partial charge in [0.15, 0.2) is 0 Å². The van der Waals surface area contributed by atoms with Crippen molar-refractivity contribution in [3.05, 3.63) is 28.8 Å². The SMILES string of the molecule is C#Cc1c(O)ccc2c1C(=O)N(C)C2. The van der Waals surface area contributed by atoms with Crippen molar-refractivity contribution >= 4 is 5.91 Å². The number of hydrogen-bond acceptors (Lipinski definition) is 2. The van der Waals surface area contributed by atoms with Crippen molar-refractivity contribution in [2.24, 2.45) is 0 Å². The number of phenolic OH excluding ortho intramolecular Hbond substituents is 1. The summed E-state index contributed by atoms with van der Waals surface area (Å²) in [5.41, 5.74) is 1.65. The zero-order chi connectivity index (χ0) is 10.3. The summed E-state index contributed by atoms with van der Waals surface area (Å²) < 4.78 is 0. The molecule has 0 aromatic heterocycles. The maximum atomic E-state index is 11.6. The minimum absolute atomic E-state index is 0.00472. The molecule has 0 unspecified atom stereocenters. The van der Waals surface area contributed by atoms with Crippen LogP contribution >= 0.6 is 0 Å². The van der Waals surface area contributed by atoms with E-state index in [1.54, 1.807) is 18.0 Å². The maximum absolute atomic E-state index is 11.6. The van der Waals surface area contributed by atoms with Crippen LogP contribution in [-0.2, 0) is 6.54 Å². The highest BCUT2D eigenvalue weighted by Gasteiger charge is 2.28. The molecule has 0 saturated heterocycles. The molecule has 3 heteroatoms. The zero-order valence-electron chi connectivity index (χ0n) is 7.74. The highest BCUT2D eigenvalue weighted by Crippen LogP contribution is 2.29. The van der Waals surface area contributed by atoms with Gasteiger partial charge >= 0.3 is 0 Å². The van der Waals surface area contributed by atoms with Gasteiger partial charge in [0.25, 0.3) is 5.91 Å². The molecule has 0 aliphatic carbocycles. The number of rotatable bonds is 0. The van der Waals surface area contributed by atoms with Crippen molar-refractivity contribution in [1.82, 2.24) is 4.90 Å². The topological polar surface area (TPSA) is 40.5 Å². The monoisotopic (exact) mass is 187 g/mol. The summed E-state index contributed by atoms with van der Waals surface area (Å²) in [4.78, 5) is 13.2. The number of nitrogens with zero attached hydrogens (tertiary/aromatic N) is 1. The Balaban J connectivity index is 2.72. The van der Waals surface area contributed by atoms with Crippen LogP contribution in [0.5, 0.6) is 5.75 Å². The Morgan fingerprint density at radius 1 is 1.57 bits per heavy atom. The predicted molar refractivity (Wildman–Crippen MR) is 51.8 cm³/mol. The Morgan fingerprint density at radius 2 is 2.29 bits per heavy atom. The fraction of sp³-hybridized carbons (Fsp3) is 0.182. The standard InChI is InChI=1S/C11H9NO2/c1-3-8-9(13)5-4-7-6-12(2)11(14)10(7)8/h1,4-5,13H,6H2,2H3. The van der Waals surface area contributed by atoms with Crippen molar-refractivity contribution < 1.29 is 9.90 Å². The number of benzene rings is 1. The van der Waals surface area contributed by atoms with E-state index in [1.165, 1.54) is 6.07 Å². The van der Waals surface area contributed by atoms with Crippen LogP contribution in [0.15, 0.2) is 12.1 Å². The van der Waals surface area contributed by atoms with Gasteiger partial charge in [0.05, 0.1) is 11.1 Å². The summed E-state index contributed by atoms with van der Waals surface area (Å²) >= 11 is 0. The van der Waals surface area contributed by atoms with Crippen molar-refractivity contribution in [3.8, 4) is 18.1 Å². The summed E-state index contributed by atoms with van der Waals surface area (Å²) in [6.45, 7) is 0.559. The van der Waals surface area contributed by atoms with Gasteiger partial charge in [-0.1, -0.05) is 12.0 Å². The lowest BCUT2D eigenvalue weighted by Crippen LogP contribution is -2.18. The molecule has 0 spiro atoms. The van der Waals surface area contributed by atoms with Crippen LogP contribution in [-0.4, -0.2) is 23.0 Å². The number of carbonyl (C=O) groups is 1. The Morgan fingerprint density at radius 3 is 2.93 bits per heavy atom. The number of aromatic hydroxyl groups is 1. The fourth-order valence-electron chi connectivity index (χ4n) is 1.68. The Kier molecular flexibility index (Phi) is 1.71. The van der Waals surface area contributed by atoms with E-state index in [0.717, 1.165) is 5.56 Å². The van der Waals surface area contributed by atoms with Gasteiger partial charge in [-0.3, -0.25) is 4.79 Å². The van der Waals surface area contributed by atoms with Gasteiger partial charge < -0.3 is 10.0 Å². The molecule has 0 bridgehead atoms. The minimum atomic E-state index is -0.121. The van der Waals surface area contributed by atoms with Gasteiger partial charge in [-0.15, -0.1) is 6.42 Å². The number of hydrogen-bond donors (Lipinski definition) is 1. The van der Waals surface area contributed by atoms with E-state index in [2.05, 4.69) is 5.92 Å². The normalized spacial score (nSPS) is 14.0. The van der Waals surface area contributed by atoms with Crippen molar-refractivity contribution in [1.29, 1.82) is 0 Å². The smallest absolute Gasteiger partial charge is 0.255 e. The summed E-state index contributed by atoms with van der Waals surface area (Å²) in [5.74, 6) is 2.22. The number of carbonyl (C=O) groups excluding carboxylic acids is 1. The molecule has 14 heavy (non-hydrogen) atoms. The fourth-order valence-corrected chi connectivity index (χ4v) is 1.68. The molecule has 0 saturated carbocycles. The van der Waals surface area contributed by atoms with Gasteiger partial charge in [0.2, 0.25) is 0 Å². The Bertz CT molecular complexity index is 457. The summed E-state index contributed by atoms with van der Waals surface area (Å²) in [7, 11) is 1.71.